The molecule has 1 fully saturated rings. The van der Waals surface area contributed by atoms with E-state index in [2.05, 4.69) is 5.32 Å². The van der Waals surface area contributed by atoms with E-state index in [4.69, 9.17) is 9.84 Å². The Kier molecular flexibility index (Phi) is 5.14. The van der Waals surface area contributed by atoms with Gasteiger partial charge in [0.1, 0.15) is 0 Å². The van der Waals surface area contributed by atoms with Crippen LogP contribution < -0.4 is 5.32 Å². The summed E-state index contributed by atoms with van der Waals surface area (Å²) in [5.41, 5.74) is 0. The van der Waals surface area contributed by atoms with Crippen LogP contribution in [0.5, 0.6) is 0 Å². The predicted octanol–water partition coefficient (Wildman–Crippen LogP) is -1.62. The summed E-state index contributed by atoms with van der Waals surface area (Å²) in [7, 11) is 0. The number of hydrogen-bond donors (Lipinski definition) is 4. The normalized spacial score (nSPS) is 32.1. The number of ether oxygens (including phenoxy) is 1. The Bertz CT molecular complexity index is 235. The van der Waals surface area contributed by atoms with Crippen LogP contribution in [0.3, 0.4) is 0 Å². The van der Waals surface area contributed by atoms with Crippen LogP contribution in [0.4, 0.5) is 0 Å². The molecule has 0 radical (unpaired) electrons. The van der Waals surface area contributed by atoms with Crippen LogP contribution in [-0.2, 0) is 9.53 Å². The molecule has 6 heteroatoms. The van der Waals surface area contributed by atoms with Crippen molar-refractivity contribution in [1.29, 1.82) is 0 Å². The molecule has 1 aliphatic rings. The van der Waals surface area contributed by atoms with Gasteiger partial charge in [0.15, 0.2) is 0 Å². The van der Waals surface area contributed by atoms with Crippen molar-refractivity contribution in [2.45, 2.75) is 44.1 Å². The third kappa shape index (κ3) is 3.71. The van der Waals surface area contributed by atoms with Crippen molar-refractivity contribution in [3.05, 3.63) is 0 Å². The van der Waals surface area contributed by atoms with E-state index in [1.54, 1.807) is 0 Å². The Morgan fingerprint density at radius 1 is 1.62 bits per heavy atom. The van der Waals surface area contributed by atoms with Gasteiger partial charge in [-0.25, -0.2) is 0 Å². The van der Waals surface area contributed by atoms with Crippen molar-refractivity contribution >= 4 is 5.91 Å². The van der Waals surface area contributed by atoms with Crippen molar-refractivity contribution in [3.8, 4) is 0 Å². The zero-order chi connectivity index (χ0) is 12.1. The second-order valence-corrected chi connectivity index (χ2v) is 4.06. The first-order chi connectivity index (χ1) is 7.54. The maximum Gasteiger partial charge on any atom is 0.217 e. The standard InChI is InChI=1S/C10H19NO5/c1-6(13)11-10-8(15)2-3-16-9(10)4-7(14)5-12/h7-10,12,14-15H,2-5H2,1H3,(H,11,13)/t7-,8?,9?,10+/m0/s1. The van der Waals surface area contributed by atoms with Gasteiger partial charge in [-0.1, -0.05) is 0 Å². The van der Waals surface area contributed by atoms with Gasteiger partial charge in [-0.3, -0.25) is 4.79 Å². The lowest BCUT2D eigenvalue weighted by molar-refractivity contribution is -0.128. The van der Waals surface area contributed by atoms with Gasteiger partial charge in [0.25, 0.3) is 0 Å². The summed E-state index contributed by atoms with van der Waals surface area (Å²) < 4.78 is 5.39. The minimum absolute atomic E-state index is 0.193. The molecule has 16 heavy (non-hydrogen) atoms. The molecule has 4 atom stereocenters. The van der Waals surface area contributed by atoms with E-state index >= 15 is 0 Å². The van der Waals surface area contributed by atoms with E-state index in [9.17, 15) is 15.0 Å². The highest BCUT2D eigenvalue weighted by Crippen LogP contribution is 2.19. The molecular weight excluding hydrogens is 214 g/mol. The number of carbonyl (C=O) groups excluding carboxylic acids is 1. The topological polar surface area (TPSA) is 99.0 Å². The summed E-state index contributed by atoms with van der Waals surface area (Å²) in [6.07, 6.45) is -1.38. The van der Waals surface area contributed by atoms with Crippen molar-refractivity contribution in [2.75, 3.05) is 13.2 Å². The zero-order valence-corrected chi connectivity index (χ0v) is 9.30. The fourth-order valence-electron chi connectivity index (χ4n) is 1.85. The van der Waals surface area contributed by atoms with E-state index < -0.39 is 24.4 Å². The average molecular weight is 233 g/mol. The molecule has 6 nitrogen and oxygen atoms in total. The molecule has 0 aromatic heterocycles. The van der Waals surface area contributed by atoms with Crippen molar-refractivity contribution in [3.63, 3.8) is 0 Å². The molecule has 0 aromatic rings. The van der Waals surface area contributed by atoms with Crippen LogP contribution in [0.2, 0.25) is 0 Å². The van der Waals surface area contributed by atoms with Crippen LogP contribution in [0.1, 0.15) is 19.8 Å². The summed E-state index contributed by atoms with van der Waals surface area (Å²) in [4.78, 5) is 11.0. The Morgan fingerprint density at radius 2 is 2.31 bits per heavy atom. The molecule has 1 aliphatic heterocycles. The first kappa shape index (κ1) is 13.4. The molecule has 1 heterocycles. The van der Waals surface area contributed by atoms with Gasteiger partial charge in [-0.2, -0.15) is 0 Å². The minimum Gasteiger partial charge on any atom is -0.394 e. The van der Waals surface area contributed by atoms with Gasteiger partial charge >= 0.3 is 0 Å². The zero-order valence-electron chi connectivity index (χ0n) is 9.30. The molecule has 0 bridgehead atoms. The summed E-state index contributed by atoms with van der Waals surface area (Å²) in [5.74, 6) is -0.252. The van der Waals surface area contributed by atoms with Crippen LogP contribution in [0.25, 0.3) is 0 Å². The smallest absolute Gasteiger partial charge is 0.217 e. The van der Waals surface area contributed by atoms with Crippen molar-refractivity contribution in [1.82, 2.24) is 5.32 Å². The van der Waals surface area contributed by atoms with E-state index in [0.29, 0.717) is 13.0 Å². The quantitative estimate of drug-likeness (QED) is 0.468. The number of nitrogens with one attached hydrogen (secondary N) is 1. The second kappa shape index (κ2) is 6.15. The van der Waals surface area contributed by atoms with Gasteiger partial charge in [0.05, 0.1) is 31.0 Å². The molecule has 0 saturated carbocycles. The van der Waals surface area contributed by atoms with Crippen LogP contribution in [0.15, 0.2) is 0 Å². The molecule has 1 rings (SSSR count). The molecule has 1 amide bonds. The number of aliphatic hydroxyl groups excluding tert-OH is 3. The summed E-state index contributed by atoms with van der Waals surface area (Å²) >= 11 is 0. The van der Waals surface area contributed by atoms with E-state index in [-0.39, 0.29) is 18.9 Å². The van der Waals surface area contributed by atoms with Crippen molar-refractivity contribution in [2.24, 2.45) is 0 Å². The largest absolute Gasteiger partial charge is 0.394 e. The fourth-order valence-corrected chi connectivity index (χ4v) is 1.85. The van der Waals surface area contributed by atoms with Gasteiger partial charge in [0.2, 0.25) is 5.91 Å². The van der Waals surface area contributed by atoms with Gasteiger partial charge in [-0.05, 0) is 6.42 Å². The first-order valence-electron chi connectivity index (χ1n) is 5.40. The van der Waals surface area contributed by atoms with Gasteiger partial charge in [-0.15, -0.1) is 0 Å². The maximum atomic E-state index is 11.0. The number of aliphatic hydroxyl groups is 3. The molecule has 0 spiro atoms. The molecule has 0 aliphatic carbocycles. The Balaban J connectivity index is 2.59. The van der Waals surface area contributed by atoms with Gasteiger partial charge < -0.3 is 25.4 Å². The number of rotatable bonds is 4. The molecule has 94 valence electrons. The average Bonchev–Trinajstić information content (AvgIpc) is 2.22. The third-order valence-electron chi connectivity index (χ3n) is 2.65. The number of carbonyl (C=O) groups is 1. The highest BCUT2D eigenvalue weighted by atomic mass is 16.5. The lowest BCUT2D eigenvalue weighted by Crippen LogP contribution is -2.55. The van der Waals surface area contributed by atoms with E-state index in [0.717, 1.165) is 0 Å². The Labute approximate surface area is 94.2 Å². The second-order valence-electron chi connectivity index (χ2n) is 4.06. The monoisotopic (exact) mass is 233 g/mol. The predicted molar refractivity (Wildman–Crippen MR) is 55.7 cm³/mol. The highest BCUT2D eigenvalue weighted by Gasteiger charge is 2.34. The first-order valence-corrected chi connectivity index (χ1v) is 5.40. The maximum absolute atomic E-state index is 11.0. The molecular formula is C10H19NO5. The summed E-state index contributed by atoms with van der Waals surface area (Å²) in [6, 6.07) is -0.521. The highest BCUT2D eigenvalue weighted by molar-refractivity contribution is 5.73. The van der Waals surface area contributed by atoms with Gasteiger partial charge in [0, 0.05) is 20.0 Å². The molecule has 4 N–H and O–H groups in total. The SMILES string of the molecule is CC(=O)N[C@@H]1C(O)CCOC1C[C@H](O)CO. The molecule has 1 saturated heterocycles. The number of amides is 1. The third-order valence-corrected chi connectivity index (χ3v) is 2.65. The summed E-state index contributed by atoms with van der Waals surface area (Å²) in [5, 5.41) is 30.4. The molecule has 0 aromatic carbocycles. The van der Waals surface area contributed by atoms with Crippen LogP contribution in [0, 0.1) is 0 Å². The molecule has 2 unspecified atom stereocenters. The fraction of sp³-hybridized carbons (Fsp3) is 0.900. The van der Waals surface area contributed by atoms with Crippen LogP contribution in [-0.4, -0.2) is 58.8 Å². The van der Waals surface area contributed by atoms with E-state index in [1.807, 2.05) is 0 Å². The Hall–Kier alpha value is -0.690. The number of hydrogen-bond acceptors (Lipinski definition) is 5. The summed E-state index contributed by atoms with van der Waals surface area (Å²) in [6.45, 7) is 1.39. The van der Waals surface area contributed by atoms with Crippen molar-refractivity contribution < 1.29 is 24.9 Å². The lowest BCUT2D eigenvalue weighted by Gasteiger charge is -2.36. The van der Waals surface area contributed by atoms with Crippen LogP contribution >= 0.6 is 0 Å². The van der Waals surface area contributed by atoms with E-state index in [1.165, 1.54) is 6.92 Å². The Morgan fingerprint density at radius 3 is 2.88 bits per heavy atom. The lowest BCUT2D eigenvalue weighted by atomic mass is 9.95. The minimum atomic E-state index is -0.897.